The largest absolute Gasteiger partial charge is 0.511 e. The highest BCUT2D eigenvalue weighted by Gasteiger charge is 2.09. The average molecular weight is 235 g/mol. The molecule has 0 saturated carbocycles. The lowest BCUT2D eigenvalue weighted by atomic mass is 10.2. The Bertz CT molecular complexity index is 366. The van der Waals surface area contributed by atoms with Crippen LogP contribution >= 0.6 is 23.2 Å². The molecular weight excluding hydrogens is 231 g/mol. The molecule has 0 atom stereocenters. The molecule has 0 amide bonds. The van der Waals surface area contributed by atoms with Gasteiger partial charge in [0.25, 0.3) is 0 Å². The second-order valence-corrected chi connectivity index (χ2v) is 3.10. The highest BCUT2D eigenvalue weighted by atomic mass is 35.5. The average Bonchev–Trinajstić information content (AvgIpc) is 2.01. The number of aldehydes is 1. The second kappa shape index (κ2) is 4.30. The minimum absolute atomic E-state index is 0.0295. The Balaban J connectivity index is 3.13. The fourth-order valence-corrected chi connectivity index (χ4v) is 1.39. The summed E-state index contributed by atoms with van der Waals surface area (Å²) in [6.07, 6.45) is -0.995. The molecule has 0 bridgehead atoms. The SMILES string of the molecule is O=Cc1c(Cl)cc(OC(=O)O)cc1Cl. The van der Waals surface area contributed by atoms with E-state index in [1.807, 2.05) is 0 Å². The van der Waals surface area contributed by atoms with Crippen LogP contribution in [-0.2, 0) is 0 Å². The zero-order valence-electron chi connectivity index (χ0n) is 6.66. The number of carbonyl (C=O) groups excluding carboxylic acids is 1. The zero-order valence-corrected chi connectivity index (χ0v) is 8.17. The number of carboxylic acid groups (broad SMARTS) is 1. The van der Waals surface area contributed by atoms with Crippen molar-refractivity contribution < 1.29 is 19.4 Å². The second-order valence-electron chi connectivity index (χ2n) is 2.29. The van der Waals surface area contributed by atoms with Gasteiger partial charge in [-0.2, -0.15) is 0 Å². The summed E-state index contributed by atoms with van der Waals surface area (Å²) in [5.74, 6) is -0.0295. The monoisotopic (exact) mass is 234 g/mol. The maximum atomic E-state index is 10.5. The van der Waals surface area contributed by atoms with Crippen molar-refractivity contribution in [3.63, 3.8) is 0 Å². The van der Waals surface area contributed by atoms with Gasteiger partial charge >= 0.3 is 6.16 Å². The van der Waals surface area contributed by atoms with E-state index >= 15 is 0 Å². The Kier molecular flexibility index (Phi) is 3.33. The molecule has 0 fully saturated rings. The van der Waals surface area contributed by atoms with Crippen LogP contribution in [-0.4, -0.2) is 17.5 Å². The maximum Gasteiger partial charge on any atom is 0.511 e. The molecule has 0 aliphatic carbocycles. The van der Waals surface area contributed by atoms with Crippen LogP contribution in [0.1, 0.15) is 10.4 Å². The van der Waals surface area contributed by atoms with E-state index in [9.17, 15) is 9.59 Å². The standard InChI is InChI=1S/C8H4Cl2O4/c9-6-1-4(14-8(12)13)2-7(10)5(6)3-11/h1-3H,(H,12,13). The summed E-state index contributed by atoms with van der Waals surface area (Å²) in [6, 6.07) is 2.40. The first-order valence-electron chi connectivity index (χ1n) is 3.39. The quantitative estimate of drug-likeness (QED) is 0.486. The van der Waals surface area contributed by atoms with Crippen LogP contribution in [0.25, 0.3) is 0 Å². The Morgan fingerprint density at radius 3 is 2.21 bits per heavy atom. The molecule has 0 radical (unpaired) electrons. The third-order valence-corrected chi connectivity index (χ3v) is 2.00. The van der Waals surface area contributed by atoms with Gasteiger partial charge in [-0.3, -0.25) is 4.79 Å². The predicted octanol–water partition coefficient (Wildman–Crippen LogP) is 2.86. The number of halogens is 2. The summed E-state index contributed by atoms with van der Waals surface area (Å²) in [6.45, 7) is 0. The number of carbonyl (C=O) groups is 2. The van der Waals surface area contributed by atoms with Crippen LogP contribution in [0.5, 0.6) is 5.75 Å². The van der Waals surface area contributed by atoms with Crippen LogP contribution in [0.4, 0.5) is 4.79 Å². The van der Waals surface area contributed by atoms with E-state index in [4.69, 9.17) is 28.3 Å². The van der Waals surface area contributed by atoms with E-state index < -0.39 is 6.16 Å². The van der Waals surface area contributed by atoms with Crippen molar-refractivity contribution >= 4 is 35.6 Å². The number of rotatable bonds is 2. The Labute approximate surface area is 89.0 Å². The third-order valence-electron chi connectivity index (χ3n) is 1.38. The van der Waals surface area contributed by atoms with Gasteiger partial charge in [-0.1, -0.05) is 23.2 Å². The molecule has 0 heterocycles. The Morgan fingerprint density at radius 1 is 1.36 bits per heavy atom. The summed E-state index contributed by atoms with van der Waals surface area (Å²) in [5.41, 5.74) is 0.103. The van der Waals surface area contributed by atoms with Gasteiger partial charge in [0.1, 0.15) is 5.75 Å². The maximum absolute atomic E-state index is 10.5. The van der Waals surface area contributed by atoms with Crippen molar-refractivity contribution in [3.05, 3.63) is 27.7 Å². The van der Waals surface area contributed by atoms with Gasteiger partial charge in [0.05, 0.1) is 15.6 Å². The molecule has 0 aliphatic heterocycles. The normalized spacial score (nSPS) is 9.57. The van der Waals surface area contributed by atoms with Gasteiger partial charge in [-0.05, 0) is 0 Å². The van der Waals surface area contributed by atoms with E-state index in [0.717, 1.165) is 0 Å². The first-order chi connectivity index (χ1) is 6.54. The van der Waals surface area contributed by atoms with E-state index in [2.05, 4.69) is 4.74 Å². The van der Waals surface area contributed by atoms with Crippen LogP contribution in [0.2, 0.25) is 10.0 Å². The van der Waals surface area contributed by atoms with Gasteiger partial charge in [0.15, 0.2) is 6.29 Å². The van der Waals surface area contributed by atoms with Crippen molar-refractivity contribution in [2.45, 2.75) is 0 Å². The van der Waals surface area contributed by atoms with Gasteiger partial charge in [0, 0.05) is 12.1 Å². The molecule has 0 spiro atoms. The predicted molar refractivity (Wildman–Crippen MR) is 50.5 cm³/mol. The number of benzene rings is 1. The fraction of sp³-hybridized carbons (Fsp3) is 0. The van der Waals surface area contributed by atoms with Crippen LogP contribution in [0.3, 0.4) is 0 Å². The van der Waals surface area contributed by atoms with Crippen molar-refractivity contribution in [3.8, 4) is 5.75 Å². The Hall–Kier alpha value is -1.26. The molecule has 1 N–H and O–H groups in total. The molecule has 74 valence electrons. The minimum atomic E-state index is -1.48. The lowest BCUT2D eigenvalue weighted by Gasteiger charge is -2.03. The first-order valence-corrected chi connectivity index (χ1v) is 4.15. The number of hydrogen-bond donors (Lipinski definition) is 1. The van der Waals surface area contributed by atoms with Crippen molar-refractivity contribution in [2.75, 3.05) is 0 Å². The van der Waals surface area contributed by atoms with Gasteiger partial charge in [-0.15, -0.1) is 0 Å². The first kappa shape index (κ1) is 10.8. The van der Waals surface area contributed by atoms with E-state index in [1.165, 1.54) is 12.1 Å². The summed E-state index contributed by atoms with van der Waals surface area (Å²) >= 11 is 11.3. The summed E-state index contributed by atoms with van der Waals surface area (Å²) in [7, 11) is 0. The van der Waals surface area contributed by atoms with E-state index in [-0.39, 0.29) is 21.4 Å². The van der Waals surface area contributed by atoms with Crippen LogP contribution in [0.15, 0.2) is 12.1 Å². The fourth-order valence-electron chi connectivity index (χ4n) is 0.833. The highest BCUT2D eigenvalue weighted by molar-refractivity contribution is 6.38. The molecule has 1 aromatic carbocycles. The molecule has 4 nitrogen and oxygen atoms in total. The van der Waals surface area contributed by atoms with Crippen molar-refractivity contribution in [2.24, 2.45) is 0 Å². The van der Waals surface area contributed by atoms with E-state index in [0.29, 0.717) is 6.29 Å². The van der Waals surface area contributed by atoms with E-state index in [1.54, 1.807) is 0 Å². The molecule has 0 aliphatic rings. The van der Waals surface area contributed by atoms with Gasteiger partial charge < -0.3 is 9.84 Å². The summed E-state index contributed by atoms with van der Waals surface area (Å²) < 4.78 is 4.31. The Morgan fingerprint density at radius 2 is 1.86 bits per heavy atom. The molecule has 1 aromatic rings. The van der Waals surface area contributed by atoms with Crippen LogP contribution in [0, 0.1) is 0 Å². The third kappa shape index (κ3) is 2.37. The lowest BCUT2D eigenvalue weighted by molar-refractivity contribution is 0.112. The molecule has 0 saturated heterocycles. The molecule has 6 heteroatoms. The zero-order chi connectivity index (χ0) is 10.7. The molecular formula is C8H4Cl2O4. The lowest BCUT2D eigenvalue weighted by Crippen LogP contribution is -2.03. The highest BCUT2D eigenvalue weighted by Crippen LogP contribution is 2.28. The summed E-state index contributed by atoms with van der Waals surface area (Å²) in [5, 5.41) is 8.39. The van der Waals surface area contributed by atoms with Gasteiger partial charge in [-0.25, -0.2) is 4.79 Å². The molecule has 0 aromatic heterocycles. The summed E-state index contributed by atoms with van der Waals surface area (Å²) in [4.78, 5) is 20.6. The number of hydrogen-bond acceptors (Lipinski definition) is 3. The molecule has 14 heavy (non-hydrogen) atoms. The van der Waals surface area contributed by atoms with Crippen molar-refractivity contribution in [1.82, 2.24) is 0 Å². The smallest absolute Gasteiger partial charge is 0.449 e. The van der Waals surface area contributed by atoms with Crippen LogP contribution < -0.4 is 4.74 Å². The number of ether oxygens (including phenoxy) is 1. The van der Waals surface area contributed by atoms with Crippen molar-refractivity contribution in [1.29, 1.82) is 0 Å². The minimum Gasteiger partial charge on any atom is -0.449 e. The topological polar surface area (TPSA) is 63.6 Å². The molecule has 0 unspecified atom stereocenters. The van der Waals surface area contributed by atoms with Gasteiger partial charge in [0.2, 0.25) is 0 Å². The molecule has 1 rings (SSSR count).